The number of hydrogen-bond donors (Lipinski definition) is 2. The van der Waals surface area contributed by atoms with Crippen LogP contribution in [0.2, 0.25) is 0 Å². The maximum absolute atomic E-state index is 8.99. The molecule has 0 aliphatic carbocycles. The number of rotatable bonds is 0. The van der Waals surface area contributed by atoms with Gasteiger partial charge in [0, 0.05) is 0 Å². The molecule has 1 aliphatic heterocycles. The lowest BCUT2D eigenvalue weighted by atomic mass is 10.2. The molecule has 3 nitrogen and oxygen atoms in total. The van der Waals surface area contributed by atoms with E-state index in [1.54, 1.807) is 0 Å². The lowest BCUT2D eigenvalue weighted by molar-refractivity contribution is 0.266. The number of nitrogens with one attached hydrogen (secondary N) is 1. The standard InChI is InChI=1S/C5H11N.CH2ClNO/c1-2-4-6-5-3-1;2-1(3)4/h6H,1-5H2;(H2,3,4). The first-order valence-electron chi connectivity index (χ1n) is 3.39. The predicted octanol–water partition coefficient (Wildman–Crippen LogP) is 1.06. The maximum Gasteiger partial charge on any atom is 0.311 e. The van der Waals surface area contributed by atoms with Crippen LogP contribution in [0.1, 0.15) is 19.3 Å². The summed E-state index contributed by atoms with van der Waals surface area (Å²) in [5, 5.41) is 2.42. The van der Waals surface area contributed by atoms with Gasteiger partial charge in [-0.1, -0.05) is 6.42 Å². The summed E-state index contributed by atoms with van der Waals surface area (Å²) in [6.07, 6.45) is 4.22. The van der Waals surface area contributed by atoms with Crippen LogP contribution in [-0.4, -0.2) is 18.5 Å². The Balaban J connectivity index is 0.000000180. The van der Waals surface area contributed by atoms with Crippen molar-refractivity contribution in [3.05, 3.63) is 0 Å². The van der Waals surface area contributed by atoms with Gasteiger partial charge in [0.25, 0.3) is 0 Å². The van der Waals surface area contributed by atoms with Crippen LogP contribution in [-0.2, 0) is 0 Å². The molecule has 0 spiro atoms. The molecule has 4 heteroatoms. The first kappa shape index (κ1) is 9.72. The first-order chi connectivity index (χ1) is 4.73. The highest BCUT2D eigenvalue weighted by Crippen LogP contribution is 1.96. The summed E-state index contributed by atoms with van der Waals surface area (Å²) in [6, 6.07) is 0. The van der Waals surface area contributed by atoms with Crippen LogP contribution < -0.4 is 11.1 Å². The van der Waals surface area contributed by atoms with Gasteiger partial charge in [0.15, 0.2) is 0 Å². The highest BCUT2D eigenvalue weighted by atomic mass is 35.5. The van der Waals surface area contributed by atoms with E-state index in [9.17, 15) is 0 Å². The molecule has 0 bridgehead atoms. The van der Waals surface area contributed by atoms with Crippen LogP contribution in [0.3, 0.4) is 0 Å². The topological polar surface area (TPSA) is 55.1 Å². The van der Waals surface area contributed by atoms with E-state index in [4.69, 9.17) is 4.79 Å². The fourth-order valence-electron chi connectivity index (χ4n) is 0.802. The molecule has 0 aromatic rings. The van der Waals surface area contributed by atoms with Crippen molar-refractivity contribution in [2.24, 2.45) is 5.73 Å². The van der Waals surface area contributed by atoms with Gasteiger partial charge in [-0.25, -0.2) is 0 Å². The van der Waals surface area contributed by atoms with E-state index in [1.165, 1.54) is 32.4 Å². The fourth-order valence-corrected chi connectivity index (χ4v) is 0.802. The minimum atomic E-state index is -0.861. The minimum absolute atomic E-state index is 0.861. The van der Waals surface area contributed by atoms with Crippen molar-refractivity contribution < 1.29 is 4.79 Å². The zero-order valence-electron chi connectivity index (χ0n) is 5.90. The molecule has 1 fully saturated rings. The summed E-state index contributed by atoms with van der Waals surface area (Å²) in [5.41, 5.74) is 4.24. The monoisotopic (exact) mass is 164 g/mol. The Morgan fingerprint density at radius 3 is 1.80 bits per heavy atom. The van der Waals surface area contributed by atoms with E-state index in [2.05, 4.69) is 22.7 Å². The van der Waals surface area contributed by atoms with Gasteiger partial charge in [0.2, 0.25) is 0 Å². The number of nitrogens with two attached hydrogens (primary N) is 1. The van der Waals surface area contributed by atoms with Gasteiger partial charge in [0.05, 0.1) is 0 Å². The molecule has 0 radical (unpaired) electrons. The van der Waals surface area contributed by atoms with Gasteiger partial charge in [0.1, 0.15) is 0 Å². The molecule has 1 rings (SSSR count). The highest BCUT2D eigenvalue weighted by molar-refractivity contribution is 6.62. The smallest absolute Gasteiger partial charge is 0.311 e. The van der Waals surface area contributed by atoms with Crippen LogP contribution >= 0.6 is 11.6 Å². The number of primary amides is 1. The number of amides is 1. The van der Waals surface area contributed by atoms with Crippen molar-refractivity contribution >= 4 is 17.0 Å². The molecule has 0 aromatic heterocycles. The summed E-state index contributed by atoms with van der Waals surface area (Å²) in [4.78, 5) is 8.99. The van der Waals surface area contributed by atoms with Crippen LogP contribution in [0.25, 0.3) is 0 Å². The SMILES string of the molecule is C1CCNCC1.NC(=O)Cl. The molecule has 1 aliphatic rings. The van der Waals surface area contributed by atoms with Gasteiger partial charge in [-0.2, -0.15) is 0 Å². The van der Waals surface area contributed by atoms with Crippen molar-refractivity contribution in [3.8, 4) is 0 Å². The van der Waals surface area contributed by atoms with Crippen LogP contribution in [0.15, 0.2) is 0 Å². The fraction of sp³-hybridized carbons (Fsp3) is 0.833. The minimum Gasteiger partial charge on any atom is -0.356 e. The Morgan fingerprint density at radius 2 is 1.70 bits per heavy atom. The summed E-state index contributed by atoms with van der Waals surface area (Å²) < 4.78 is 0. The van der Waals surface area contributed by atoms with Gasteiger partial charge >= 0.3 is 5.37 Å². The lowest BCUT2D eigenvalue weighted by Gasteiger charge is -2.08. The summed E-state index contributed by atoms with van der Waals surface area (Å²) in [7, 11) is 0. The van der Waals surface area contributed by atoms with Gasteiger partial charge in [-0.05, 0) is 37.5 Å². The third-order valence-corrected chi connectivity index (χ3v) is 1.21. The van der Waals surface area contributed by atoms with Crippen molar-refractivity contribution in [1.82, 2.24) is 5.32 Å². The normalized spacial score (nSPS) is 16.9. The Labute approximate surface area is 65.9 Å². The molecule has 0 atom stereocenters. The zero-order chi connectivity index (χ0) is 7.82. The molecular weight excluding hydrogens is 152 g/mol. The third kappa shape index (κ3) is 10.7. The molecule has 10 heavy (non-hydrogen) atoms. The quantitative estimate of drug-likeness (QED) is 0.416. The Bertz CT molecular complexity index is 78.2. The molecular formula is C6H13ClN2O. The Kier molecular flexibility index (Phi) is 6.64. The van der Waals surface area contributed by atoms with Crippen molar-refractivity contribution in [1.29, 1.82) is 0 Å². The highest BCUT2D eigenvalue weighted by Gasteiger charge is 1.93. The first-order valence-corrected chi connectivity index (χ1v) is 3.77. The van der Waals surface area contributed by atoms with E-state index in [0.29, 0.717) is 0 Å². The number of hydrogen-bond acceptors (Lipinski definition) is 2. The maximum atomic E-state index is 8.99. The summed E-state index contributed by atoms with van der Waals surface area (Å²) in [6.45, 7) is 2.50. The van der Waals surface area contributed by atoms with Crippen molar-refractivity contribution in [3.63, 3.8) is 0 Å². The molecule has 3 N–H and O–H groups in total. The molecule has 1 saturated heterocycles. The summed E-state index contributed by atoms with van der Waals surface area (Å²) >= 11 is 4.41. The van der Waals surface area contributed by atoms with Crippen molar-refractivity contribution in [2.75, 3.05) is 13.1 Å². The number of carbonyl (C=O) groups is 1. The molecule has 0 saturated carbocycles. The second-order valence-corrected chi connectivity index (χ2v) is 2.49. The summed E-state index contributed by atoms with van der Waals surface area (Å²) in [5.74, 6) is 0. The second kappa shape index (κ2) is 6.83. The predicted molar refractivity (Wildman–Crippen MR) is 42.2 cm³/mol. The Morgan fingerprint density at radius 1 is 1.30 bits per heavy atom. The second-order valence-electron chi connectivity index (χ2n) is 2.11. The van der Waals surface area contributed by atoms with E-state index < -0.39 is 5.37 Å². The molecule has 0 aromatic carbocycles. The van der Waals surface area contributed by atoms with E-state index >= 15 is 0 Å². The average Bonchev–Trinajstić information content (AvgIpc) is 1.90. The van der Waals surface area contributed by atoms with E-state index in [0.717, 1.165) is 0 Å². The molecule has 1 amide bonds. The lowest BCUT2D eigenvalue weighted by Crippen LogP contribution is -2.21. The Hall–Kier alpha value is -0.280. The van der Waals surface area contributed by atoms with Crippen LogP contribution in [0.4, 0.5) is 4.79 Å². The van der Waals surface area contributed by atoms with Crippen LogP contribution in [0.5, 0.6) is 0 Å². The number of halogens is 1. The molecule has 1 heterocycles. The van der Waals surface area contributed by atoms with Gasteiger partial charge < -0.3 is 11.1 Å². The zero-order valence-corrected chi connectivity index (χ0v) is 6.66. The van der Waals surface area contributed by atoms with E-state index in [-0.39, 0.29) is 0 Å². The van der Waals surface area contributed by atoms with Gasteiger partial charge in [-0.15, -0.1) is 0 Å². The van der Waals surface area contributed by atoms with Crippen molar-refractivity contribution in [2.45, 2.75) is 19.3 Å². The average molecular weight is 165 g/mol. The number of piperidine rings is 1. The van der Waals surface area contributed by atoms with Gasteiger partial charge in [-0.3, -0.25) is 4.79 Å². The third-order valence-electron chi connectivity index (χ3n) is 1.21. The van der Waals surface area contributed by atoms with Crippen LogP contribution in [0, 0.1) is 0 Å². The molecule has 60 valence electrons. The number of carbonyl (C=O) groups excluding carboxylic acids is 1. The molecule has 0 unspecified atom stereocenters. The largest absolute Gasteiger partial charge is 0.356 e. The van der Waals surface area contributed by atoms with E-state index in [1.807, 2.05) is 0 Å².